The number of aromatic nitrogens is 2. The van der Waals surface area contributed by atoms with Crippen molar-refractivity contribution >= 4 is 10.9 Å². The summed E-state index contributed by atoms with van der Waals surface area (Å²) in [6.07, 6.45) is 3.43. The Balaban J connectivity index is 1.97. The topological polar surface area (TPSA) is 67.5 Å². The van der Waals surface area contributed by atoms with E-state index < -0.39 is 0 Å². The quantitative estimate of drug-likeness (QED) is 0.933. The molecule has 3 rings (SSSR count). The summed E-state index contributed by atoms with van der Waals surface area (Å²) in [4.78, 5) is 21.3. The number of nitrogens with one attached hydrogen (secondary N) is 1. The van der Waals surface area contributed by atoms with Gasteiger partial charge in [0, 0.05) is 25.2 Å². The molecular formula is C16H21N3O3. The summed E-state index contributed by atoms with van der Waals surface area (Å²) in [5, 5.41) is 0.491. The van der Waals surface area contributed by atoms with E-state index in [1.165, 1.54) is 6.33 Å². The number of benzene rings is 1. The minimum atomic E-state index is -0.184. The van der Waals surface area contributed by atoms with Gasteiger partial charge in [0.15, 0.2) is 0 Å². The molecule has 2 aromatic rings. The van der Waals surface area contributed by atoms with E-state index in [-0.39, 0.29) is 11.7 Å². The summed E-state index contributed by atoms with van der Waals surface area (Å²) in [5.41, 5.74) is 0.411. The first kappa shape index (κ1) is 14.8. The summed E-state index contributed by atoms with van der Waals surface area (Å²) >= 11 is 0. The van der Waals surface area contributed by atoms with Gasteiger partial charge in [-0.1, -0.05) is 0 Å². The van der Waals surface area contributed by atoms with Crippen molar-refractivity contribution in [2.24, 2.45) is 0 Å². The third-order valence-corrected chi connectivity index (χ3v) is 3.95. The van der Waals surface area contributed by atoms with Gasteiger partial charge in [0.1, 0.15) is 23.0 Å². The van der Waals surface area contributed by atoms with Gasteiger partial charge >= 0.3 is 0 Å². The van der Waals surface area contributed by atoms with Crippen molar-refractivity contribution in [3.05, 3.63) is 28.8 Å². The van der Waals surface area contributed by atoms with Crippen LogP contribution in [0, 0.1) is 0 Å². The maximum Gasteiger partial charge on any atom is 0.262 e. The van der Waals surface area contributed by atoms with Crippen molar-refractivity contribution in [2.45, 2.75) is 25.9 Å². The van der Waals surface area contributed by atoms with Gasteiger partial charge in [-0.2, -0.15) is 0 Å². The van der Waals surface area contributed by atoms with E-state index in [1.807, 2.05) is 6.92 Å². The first-order chi connectivity index (χ1) is 10.7. The van der Waals surface area contributed by atoms with Crippen LogP contribution in [0.5, 0.6) is 11.5 Å². The Morgan fingerprint density at radius 2 is 2.14 bits per heavy atom. The lowest BCUT2D eigenvalue weighted by Gasteiger charge is -2.29. The summed E-state index contributed by atoms with van der Waals surface area (Å²) in [7, 11) is 2.11. The van der Waals surface area contributed by atoms with E-state index in [4.69, 9.17) is 9.47 Å². The van der Waals surface area contributed by atoms with Crippen molar-refractivity contribution in [3.8, 4) is 11.5 Å². The number of fused-ring (bicyclic) bond motifs is 1. The average molecular weight is 303 g/mol. The predicted octanol–water partition coefficient (Wildman–Crippen LogP) is 1.79. The predicted molar refractivity (Wildman–Crippen MR) is 84.7 cm³/mol. The molecule has 1 aliphatic heterocycles. The van der Waals surface area contributed by atoms with Crippen LogP contribution in [0.15, 0.2) is 23.3 Å². The largest absolute Gasteiger partial charge is 0.494 e. The molecule has 1 saturated heterocycles. The molecule has 6 heteroatoms. The second kappa shape index (κ2) is 6.36. The monoisotopic (exact) mass is 303 g/mol. The fourth-order valence-electron chi connectivity index (χ4n) is 2.76. The molecule has 0 bridgehead atoms. The molecule has 1 aliphatic rings. The number of hydrogen-bond donors (Lipinski definition) is 1. The average Bonchev–Trinajstić information content (AvgIpc) is 2.50. The summed E-state index contributed by atoms with van der Waals surface area (Å²) < 4.78 is 11.7. The summed E-state index contributed by atoms with van der Waals surface area (Å²) in [6.45, 7) is 4.49. The van der Waals surface area contributed by atoms with Crippen LogP contribution in [0.2, 0.25) is 0 Å². The number of H-pyrrole nitrogens is 1. The zero-order chi connectivity index (χ0) is 15.5. The normalized spacial score (nSPS) is 16.8. The lowest BCUT2D eigenvalue weighted by Crippen LogP contribution is -2.35. The Hall–Kier alpha value is -2.08. The number of rotatable bonds is 4. The fourth-order valence-corrected chi connectivity index (χ4v) is 2.76. The van der Waals surface area contributed by atoms with Crippen LogP contribution in [0.25, 0.3) is 10.9 Å². The summed E-state index contributed by atoms with van der Waals surface area (Å²) in [6, 6.07) is 3.57. The molecule has 6 nitrogen and oxygen atoms in total. The number of nitrogens with zero attached hydrogens (tertiary/aromatic N) is 2. The number of piperidine rings is 1. The first-order valence-corrected chi connectivity index (χ1v) is 7.67. The summed E-state index contributed by atoms with van der Waals surface area (Å²) in [5.74, 6) is 1.24. The smallest absolute Gasteiger partial charge is 0.262 e. The Bertz CT molecular complexity index is 705. The van der Waals surface area contributed by atoms with Crippen LogP contribution in [0.4, 0.5) is 0 Å². The highest BCUT2D eigenvalue weighted by atomic mass is 16.5. The van der Waals surface area contributed by atoms with Crippen molar-refractivity contribution in [3.63, 3.8) is 0 Å². The van der Waals surface area contributed by atoms with Crippen molar-refractivity contribution < 1.29 is 9.47 Å². The maximum atomic E-state index is 12.1. The molecule has 2 heterocycles. The molecule has 0 atom stereocenters. The standard InChI is InChI=1S/C16H21N3O3/c1-3-21-12-8-13-15(16(20)18-10-17-13)14(9-12)22-11-4-6-19(2)7-5-11/h8-11H,3-7H2,1-2H3,(H,17,18,20). The van der Waals surface area contributed by atoms with Crippen LogP contribution in [-0.2, 0) is 0 Å². The molecule has 0 aliphatic carbocycles. The van der Waals surface area contributed by atoms with Gasteiger partial charge in [-0.3, -0.25) is 4.79 Å². The van der Waals surface area contributed by atoms with Crippen LogP contribution >= 0.6 is 0 Å². The number of aromatic amines is 1. The van der Waals surface area contributed by atoms with Crippen molar-refractivity contribution in [2.75, 3.05) is 26.7 Å². The van der Waals surface area contributed by atoms with Gasteiger partial charge < -0.3 is 19.4 Å². The van der Waals surface area contributed by atoms with Gasteiger partial charge in [-0.25, -0.2) is 4.98 Å². The van der Waals surface area contributed by atoms with E-state index in [0.29, 0.717) is 29.0 Å². The third-order valence-electron chi connectivity index (χ3n) is 3.95. The molecular weight excluding hydrogens is 282 g/mol. The molecule has 1 fully saturated rings. The SMILES string of the molecule is CCOc1cc(OC2CCN(C)CC2)c2c(=O)[nH]cnc2c1. The molecule has 1 N–H and O–H groups in total. The molecule has 0 radical (unpaired) electrons. The van der Waals surface area contributed by atoms with Crippen LogP contribution in [0.1, 0.15) is 19.8 Å². The van der Waals surface area contributed by atoms with Crippen LogP contribution in [0.3, 0.4) is 0 Å². The second-order valence-corrected chi connectivity index (χ2v) is 5.60. The third kappa shape index (κ3) is 3.06. The molecule has 1 aromatic heterocycles. The zero-order valence-corrected chi connectivity index (χ0v) is 13.0. The van der Waals surface area contributed by atoms with E-state index in [1.54, 1.807) is 12.1 Å². The van der Waals surface area contributed by atoms with Gasteiger partial charge in [0.25, 0.3) is 5.56 Å². The Morgan fingerprint density at radius 1 is 1.36 bits per heavy atom. The van der Waals surface area contributed by atoms with Gasteiger partial charge in [-0.05, 0) is 26.8 Å². The molecule has 118 valence electrons. The molecule has 0 spiro atoms. The Morgan fingerprint density at radius 3 is 2.86 bits per heavy atom. The van der Waals surface area contributed by atoms with Gasteiger partial charge in [0.05, 0.1) is 18.5 Å². The highest BCUT2D eigenvalue weighted by molar-refractivity contribution is 5.85. The minimum absolute atomic E-state index is 0.121. The molecule has 1 aromatic carbocycles. The van der Waals surface area contributed by atoms with E-state index in [9.17, 15) is 4.79 Å². The highest BCUT2D eigenvalue weighted by Gasteiger charge is 2.20. The Labute approximate surface area is 129 Å². The van der Waals surface area contributed by atoms with Gasteiger partial charge in [0.2, 0.25) is 0 Å². The van der Waals surface area contributed by atoms with Gasteiger partial charge in [-0.15, -0.1) is 0 Å². The highest BCUT2D eigenvalue weighted by Crippen LogP contribution is 2.30. The number of ether oxygens (including phenoxy) is 2. The maximum absolute atomic E-state index is 12.1. The van der Waals surface area contributed by atoms with Crippen LogP contribution in [-0.4, -0.2) is 47.7 Å². The van der Waals surface area contributed by atoms with E-state index in [0.717, 1.165) is 25.9 Å². The second-order valence-electron chi connectivity index (χ2n) is 5.60. The zero-order valence-electron chi connectivity index (χ0n) is 13.0. The fraction of sp³-hybridized carbons (Fsp3) is 0.500. The molecule has 22 heavy (non-hydrogen) atoms. The first-order valence-electron chi connectivity index (χ1n) is 7.67. The molecule has 0 saturated carbocycles. The lowest BCUT2D eigenvalue weighted by molar-refractivity contribution is 0.115. The molecule has 0 amide bonds. The minimum Gasteiger partial charge on any atom is -0.494 e. The van der Waals surface area contributed by atoms with Crippen molar-refractivity contribution in [1.82, 2.24) is 14.9 Å². The van der Waals surface area contributed by atoms with Crippen LogP contribution < -0.4 is 15.0 Å². The van der Waals surface area contributed by atoms with E-state index in [2.05, 4.69) is 21.9 Å². The number of likely N-dealkylation sites (tertiary alicyclic amines) is 1. The lowest BCUT2D eigenvalue weighted by atomic mass is 10.1. The van der Waals surface area contributed by atoms with E-state index >= 15 is 0 Å². The Kier molecular flexibility index (Phi) is 4.29. The molecule has 0 unspecified atom stereocenters. The van der Waals surface area contributed by atoms with Crippen molar-refractivity contribution in [1.29, 1.82) is 0 Å². The number of hydrogen-bond acceptors (Lipinski definition) is 5.